The third kappa shape index (κ3) is 5.63. The molecule has 3 heterocycles. The van der Waals surface area contributed by atoms with Crippen LogP contribution in [0.1, 0.15) is 50.5 Å². The summed E-state index contributed by atoms with van der Waals surface area (Å²) in [4.78, 5) is 19.8. The Balaban J connectivity index is 1.36. The molecule has 2 aromatic rings. The van der Waals surface area contributed by atoms with Crippen molar-refractivity contribution in [1.82, 2.24) is 19.8 Å². The highest BCUT2D eigenvalue weighted by Gasteiger charge is 2.25. The van der Waals surface area contributed by atoms with Gasteiger partial charge in [-0.15, -0.1) is 0 Å². The van der Waals surface area contributed by atoms with Gasteiger partial charge in [-0.05, 0) is 48.9 Å². The number of hydrogen-bond acceptors (Lipinski definition) is 5. The van der Waals surface area contributed by atoms with Crippen LogP contribution in [0.15, 0.2) is 30.6 Å². The molecule has 2 aliphatic heterocycles. The third-order valence-corrected chi connectivity index (χ3v) is 6.48. The topological polar surface area (TPSA) is 68.6 Å². The molecule has 32 heavy (non-hydrogen) atoms. The molecule has 2 aliphatic rings. The normalized spacial score (nSPS) is 20.1. The summed E-state index contributed by atoms with van der Waals surface area (Å²) in [7, 11) is 2.04. The molecule has 0 radical (unpaired) electrons. The average molecular weight is 441 g/mol. The van der Waals surface area contributed by atoms with Crippen molar-refractivity contribution >= 4 is 5.91 Å². The molecule has 1 saturated heterocycles. The van der Waals surface area contributed by atoms with Crippen molar-refractivity contribution in [3.05, 3.63) is 42.0 Å². The molecule has 0 unspecified atom stereocenters. The molecule has 0 spiro atoms. The number of amides is 1. The number of hydrogen-bond donors (Lipinski definition) is 1. The van der Waals surface area contributed by atoms with E-state index in [2.05, 4.69) is 33.6 Å². The molecule has 4 rings (SSSR count). The van der Waals surface area contributed by atoms with E-state index in [-0.39, 0.29) is 17.9 Å². The number of benzene rings is 1. The van der Waals surface area contributed by atoms with Gasteiger partial charge in [-0.25, -0.2) is 4.98 Å². The van der Waals surface area contributed by atoms with E-state index in [0.29, 0.717) is 25.7 Å². The van der Waals surface area contributed by atoms with Crippen LogP contribution in [0, 0.1) is 11.8 Å². The fourth-order valence-corrected chi connectivity index (χ4v) is 4.74. The Labute approximate surface area is 191 Å². The van der Waals surface area contributed by atoms with Crippen molar-refractivity contribution in [3.8, 4) is 11.5 Å². The fourth-order valence-electron chi connectivity index (χ4n) is 4.74. The van der Waals surface area contributed by atoms with Gasteiger partial charge in [-0.1, -0.05) is 19.9 Å². The molecule has 1 amide bonds. The first kappa shape index (κ1) is 22.6. The molecular weight excluding hydrogens is 404 g/mol. The molecule has 174 valence electrons. The molecule has 1 fully saturated rings. The maximum absolute atomic E-state index is 13.0. The molecule has 7 nitrogen and oxygen atoms in total. The first-order chi connectivity index (χ1) is 15.5. The van der Waals surface area contributed by atoms with Crippen LogP contribution < -0.4 is 14.8 Å². The SMILES string of the molecule is CC(C)[C@@H](NC(=O)CN1CCC[C@H](Cc2nccn2C)C1)c1ccc2c(c1)OCCCO2. The van der Waals surface area contributed by atoms with E-state index in [1.54, 1.807) is 0 Å². The standard InChI is InChI=1S/C25H36N4O3/c1-18(2)25(20-7-8-21-22(15-20)32-13-5-12-31-21)27-24(30)17-29-10-4-6-19(16-29)14-23-26-9-11-28(23)3/h7-9,11,15,18-19,25H,4-6,10,12-14,16-17H2,1-3H3,(H,27,30)/t19-,25-/m1/s1. The minimum Gasteiger partial charge on any atom is -0.490 e. The lowest BCUT2D eigenvalue weighted by Gasteiger charge is -2.33. The Bertz CT molecular complexity index is 910. The Kier molecular flexibility index (Phi) is 7.35. The summed E-state index contributed by atoms with van der Waals surface area (Å²) in [6.45, 7) is 7.95. The van der Waals surface area contributed by atoms with Crippen LogP contribution in [-0.2, 0) is 18.3 Å². The van der Waals surface area contributed by atoms with Gasteiger partial charge in [0.05, 0.1) is 25.8 Å². The molecule has 0 bridgehead atoms. The molecular formula is C25H36N4O3. The molecule has 2 atom stereocenters. The monoisotopic (exact) mass is 440 g/mol. The first-order valence-electron chi connectivity index (χ1n) is 11.9. The van der Waals surface area contributed by atoms with Crippen molar-refractivity contribution in [2.24, 2.45) is 18.9 Å². The van der Waals surface area contributed by atoms with Crippen molar-refractivity contribution in [2.45, 2.75) is 45.6 Å². The van der Waals surface area contributed by atoms with Gasteiger partial charge in [-0.2, -0.15) is 0 Å². The van der Waals surface area contributed by atoms with E-state index in [4.69, 9.17) is 9.47 Å². The zero-order chi connectivity index (χ0) is 22.5. The maximum Gasteiger partial charge on any atom is 0.234 e. The van der Waals surface area contributed by atoms with Gasteiger partial charge in [0.1, 0.15) is 5.82 Å². The number of rotatable bonds is 7. The Morgan fingerprint density at radius 1 is 1.22 bits per heavy atom. The summed E-state index contributed by atoms with van der Waals surface area (Å²) in [5.41, 5.74) is 1.06. The van der Waals surface area contributed by atoms with Crippen LogP contribution in [0.2, 0.25) is 0 Å². The van der Waals surface area contributed by atoms with E-state index >= 15 is 0 Å². The summed E-state index contributed by atoms with van der Waals surface area (Å²) >= 11 is 0. The van der Waals surface area contributed by atoms with E-state index in [9.17, 15) is 4.79 Å². The zero-order valence-corrected chi connectivity index (χ0v) is 19.5. The second-order valence-corrected chi connectivity index (χ2v) is 9.45. The van der Waals surface area contributed by atoms with E-state index in [1.807, 2.05) is 37.6 Å². The van der Waals surface area contributed by atoms with Gasteiger partial charge in [0.2, 0.25) is 5.91 Å². The lowest BCUT2D eigenvalue weighted by molar-refractivity contribution is -0.123. The van der Waals surface area contributed by atoms with Gasteiger partial charge in [0.25, 0.3) is 0 Å². The quantitative estimate of drug-likeness (QED) is 0.715. The number of nitrogens with one attached hydrogen (secondary N) is 1. The average Bonchev–Trinajstić information content (AvgIpc) is 3.02. The molecule has 1 aromatic carbocycles. The summed E-state index contributed by atoms with van der Waals surface area (Å²) < 4.78 is 13.7. The first-order valence-corrected chi connectivity index (χ1v) is 11.9. The summed E-state index contributed by atoms with van der Waals surface area (Å²) in [6.07, 6.45) is 8.01. The maximum atomic E-state index is 13.0. The predicted octanol–water partition coefficient (Wildman–Crippen LogP) is 3.35. The Hall–Kier alpha value is -2.54. The summed E-state index contributed by atoms with van der Waals surface area (Å²) in [5.74, 6) is 3.56. The molecule has 0 aliphatic carbocycles. The predicted molar refractivity (Wildman–Crippen MR) is 124 cm³/mol. The number of imidazole rings is 1. The highest BCUT2D eigenvalue weighted by molar-refractivity contribution is 5.78. The minimum atomic E-state index is -0.0622. The number of ether oxygens (including phenoxy) is 2. The van der Waals surface area contributed by atoms with Crippen molar-refractivity contribution in [1.29, 1.82) is 0 Å². The van der Waals surface area contributed by atoms with E-state index in [1.165, 1.54) is 6.42 Å². The van der Waals surface area contributed by atoms with Crippen LogP contribution >= 0.6 is 0 Å². The van der Waals surface area contributed by atoms with E-state index in [0.717, 1.165) is 55.2 Å². The number of aryl methyl sites for hydroxylation is 1. The summed E-state index contributed by atoms with van der Waals surface area (Å²) in [6, 6.07) is 5.97. The second-order valence-electron chi connectivity index (χ2n) is 9.45. The Morgan fingerprint density at radius 2 is 2.03 bits per heavy atom. The minimum absolute atomic E-state index is 0.0622. The van der Waals surface area contributed by atoms with E-state index < -0.39 is 0 Å². The van der Waals surface area contributed by atoms with Gasteiger partial charge < -0.3 is 19.4 Å². The van der Waals surface area contributed by atoms with Crippen LogP contribution in [0.4, 0.5) is 0 Å². The lowest BCUT2D eigenvalue weighted by Crippen LogP contribution is -2.44. The second kappa shape index (κ2) is 10.4. The van der Waals surface area contributed by atoms with Crippen LogP contribution in [-0.4, -0.2) is 53.2 Å². The number of fused-ring (bicyclic) bond motifs is 1. The smallest absolute Gasteiger partial charge is 0.234 e. The number of likely N-dealkylation sites (tertiary alicyclic amines) is 1. The van der Waals surface area contributed by atoms with Gasteiger partial charge >= 0.3 is 0 Å². The lowest BCUT2D eigenvalue weighted by atomic mass is 9.94. The van der Waals surface area contributed by atoms with Crippen molar-refractivity contribution in [3.63, 3.8) is 0 Å². The molecule has 1 aromatic heterocycles. The number of carbonyl (C=O) groups is 1. The molecule has 0 saturated carbocycles. The van der Waals surface area contributed by atoms with Gasteiger partial charge in [0, 0.05) is 38.8 Å². The number of piperidine rings is 1. The molecule has 7 heteroatoms. The third-order valence-electron chi connectivity index (χ3n) is 6.48. The van der Waals surface area contributed by atoms with Crippen LogP contribution in [0.25, 0.3) is 0 Å². The Morgan fingerprint density at radius 3 is 2.78 bits per heavy atom. The highest BCUT2D eigenvalue weighted by Crippen LogP contribution is 2.34. The zero-order valence-electron chi connectivity index (χ0n) is 19.5. The fraction of sp³-hybridized carbons (Fsp3) is 0.600. The number of aromatic nitrogens is 2. The largest absolute Gasteiger partial charge is 0.490 e. The highest BCUT2D eigenvalue weighted by atomic mass is 16.5. The van der Waals surface area contributed by atoms with Gasteiger partial charge in [0.15, 0.2) is 11.5 Å². The summed E-state index contributed by atoms with van der Waals surface area (Å²) in [5, 5.41) is 3.28. The van der Waals surface area contributed by atoms with Crippen LogP contribution in [0.3, 0.4) is 0 Å². The van der Waals surface area contributed by atoms with Crippen molar-refractivity contribution < 1.29 is 14.3 Å². The van der Waals surface area contributed by atoms with Gasteiger partial charge in [-0.3, -0.25) is 9.69 Å². The van der Waals surface area contributed by atoms with Crippen molar-refractivity contribution in [2.75, 3.05) is 32.8 Å². The molecule has 1 N–H and O–H groups in total. The number of carbonyl (C=O) groups excluding carboxylic acids is 1. The van der Waals surface area contributed by atoms with Crippen LogP contribution in [0.5, 0.6) is 11.5 Å². The number of nitrogens with zero attached hydrogens (tertiary/aromatic N) is 3.